The molecule has 2 aromatic carbocycles. The summed E-state index contributed by atoms with van der Waals surface area (Å²) in [5.41, 5.74) is 2.49. The average molecular weight is 365 g/mol. The lowest BCUT2D eigenvalue weighted by molar-refractivity contribution is 0.0944. The molecule has 6 heteroatoms. The minimum atomic E-state index is -0.290. The van der Waals surface area contributed by atoms with Crippen molar-refractivity contribution in [1.29, 1.82) is 0 Å². The summed E-state index contributed by atoms with van der Waals surface area (Å²) in [5, 5.41) is 4.29. The molecule has 0 aliphatic carbocycles. The molecular formula is C21H23N3O3. The maximum Gasteiger partial charge on any atom is 0.336 e. The maximum absolute atomic E-state index is 13.1. The van der Waals surface area contributed by atoms with Crippen LogP contribution in [-0.4, -0.2) is 34.4 Å². The van der Waals surface area contributed by atoms with Crippen LogP contribution >= 0.6 is 0 Å². The normalized spacial score (nSPS) is 10.6. The zero-order chi connectivity index (χ0) is 19.2. The second-order valence-electron chi connectivity index (χ2n) is 6.07. The molecule has 0 aliphatic rings. The van der Waals surface area contributed by atoms with Gasteiger partial charge in [0.1, 0.15) is 5.75 Å². The van der Waals surface area contributed by atoms with E-state index in [2.05, 4.69) is 17.0 Å². The van der Waals surface area contributed by atoms with Gasteiger partial charge in [0.05, 0.1) is 13.7 Å². The van der Waals surface area contributed by atoms with E-state index >= 15 is 0 Å². The number of carbonyl (C=O) groups is 1. The Bertz CT molecular complexity index is 917. The van der Waals surface area contributed by atoms with E-state index in [1.807, 2.05) is 31.2 Å². The molecule has 1 heterocycles. The van der Waals surface area contributed by atoms with Crippen LogP contribution in [0.3, 0.4) is 0 Å². The first-order chi connectivity index (χ1) is 13.2. The Hall–Kier alpha value is -3.15. The Labute approximate surface area is 158 Å². The number of ether oxygens (including phenoxy) is 2. The van der Waals surface area contributed by atoms with E-state index in [1.54, 1.807) is 31.4 Å². The molecular weight excluding hydrogens is 342 g/mol. The minimum absolute atomic E-state index is 0.197. The summed E-state index contributed by atoms with van der Waals surface area (Å²) in [6.07, 6.45) is 1.78. The maximum atomic E-state index is 13.1. The number of benzene rings is 2. The van der Waals surface area contributed by atoms with Crippen molar-refractivity contribution in [3.8, 4) is 23.1 Å². The van der Waals surface area contributed by atoms with Gasteiger partial charge in [-0.3, -0.25) is 4.79 Å². The number of aryl methyl sites for hydroxylation is 1. The fraction of sp³-hybridized carbons (Fsp3) is 0.286. The Morgan fingerprint density at radius 2 is 1.89 bits per heavy atom. The highest BCUT2D eigenvalue weighted by Gasteiger charge is 2.20. The van der Waals surface area contributed by atoms with E-state index < -0.39 is 0 Å². The van der Waals surface area contributed by atoms with Crippen LogP contribution in [0.15, 0.2) is 48.5 Å². The number of methoxy groups -OCH3 is 1. The van der Waals surface area contributed by atoms with E-state index in [-0.39, 0.29) is 11.9 Å². The molecule has 0 saturated heterocycles. The van der Waals surface area contributed by atoms with E-state index in [0.717, 1.165) is 18.4 Å². The number of carbonyl (C=O) groups excluding carboxylic acids is 1. The van der Waals surface area contributed by atoms with Crippen LogP contribution in [0.25, 0.3) is 11.4 Å². The highest BCUT2D eigenvalue weighted by atomic mass is 16.5. The Morgan fingerprint density at radius 3 is 2.56 bits per heavy atom. The molecule has 3 aromatic rings. The number of hydrogen-bond acceptors (Lipinski definition) is 5. The highest BCUT2D eigenvalue weighted by Crippen LogP contribution is 2.23. The summed E-state index contributed by atoms with van der Waals surface area (Å²) >= 11 is 0. The number of nitrogens with zero attached hydrogens (tertiary/aromatic N) is 3. The summed E-state index contributed by atoms with van der Waals surface area (Å²) < 4.78 is 12.1. The monoisotopic (exact) mass is 365 g/mol. The largest absolute Gasteiger partial charge is 0.497 e. The lowest BCUT2D eigenvalue weighted by atomic mass is 10.1. The van der Waals surface area contributed by atoms with Crippen LogP contribution in [0.5, 0.6) is 11.8 Å². The molecule has 0 unspecified atom stereocenters. The molecule has 0 fully saturated rings. The lowest BCUT2D eigenvalue weighted by Gasteiger charge is -2.07. The Balaban J connectivity index is 2.03. The summed E-state index contributed by atoms with van der Waals surface area (Å²) in [5.74, 6) is 0.774. The molecule has 0 aliphatic heterocycles. The number of rotatable bonds is 7. The molecule has 0 amide bonds. The second-order valence-corrected chi connectivity index (χ2v) is 6.07. The molecule has 3 rings (SSSR count). The van der Waals surface area contributed by atoms with Gasteiger partial charge in [-0.15, -0.1) is 5.10 Å². The van der Waals surface area contributed by atoms with E-state index in [0.29, 0.717) is 23.7 Å². The van der Waals surface area contributed by atoms with Crippen LogP contribution in [-0.2, 0) is 6.42 Å². The molecule has 6 nitrogen and oxygen atoms in total. The quantitative estimate of drug-likeness (QED) is 0.633. The van der Waals surface area contributed by atoms with Gasteiger partial charge < -0.3 is 9.47 Å². The molecule has 1 aromatic heterocycles. The molecule has 0 atom stereocenters. The zero-order valence-electron chi connectivity index (χ0n) is 15.8. The van der Waals surface area contributed by atoms with Crippen molar-refractivity contribution in [2.45, 2.75) is 26.7 Å². The van der Waals surface area contributed by atoms with Gasteiger partial charge in [-0.2, -0.15) is 9.67 Å². The summed E-state index contributed by atoms with van der Waals surface area (Å²) in [6, 6.07) is 15.1. The van der Waals surface area contributed by atoms with Gasteiger partial charge in [-0.25, -0.2) is 0 Å². The summed E-state index contributed by atoms with van der Waals surface area (Å²) in [6.45, 7) is 4.59. The molecule has 0 spiro atoms. The van der Waals surface area contributed by atoms with Crippen molar-refractivity contribution in [3.63, 3.8) is 0 Å². The third kappa shape index (κ3) is 4.16. The summed E-state index contributed by atoms with van der Waals surface area (Å²) in [7, 11) is 1.57. The van der Waals surface area contributed by atoms with Gasteiger partial charge in [-0.05, 0) is 36.6 Å². The lowest BCUT2D eigenvalue weighted by Crippen LogP contribution is -2.15. The van der Waals surface area contributed by atoms with E-state index in [4.69, 9.17) is 9.47 Å². The Morgan fingerprint density at radius 1 is 1.11 bits per heavy atom. The second kappa shape index (κ2) is 8.49. The molecule has 0 N–H and O–H groups in total. The van der Waals surface area contributed by atoms with Crippen molar-refractivity contribution in [2.75, 3.05) is 13.7 Å². The molecule has 0 radical (unpaired) electrons. The van der Waals surface area contributed by atoms with Crippen LogP contribution in [0, 0.1) is 0 Å². The Kier molecular flexibility index (Phi) is 5.86. The minimum Gasteiger partial charge on any atom is -0.497 e. The molecule has 0 saturated carbocycles. The highest BCUT2D eigenvalue weighted by molar-refractivity contribution is 5.97. The van der Waals surface area contributed by atoms with Gasteiger partial charge in [0.2, 0.25) is 0 Å². The number of hydrogen-bond donors (Lipinski definition) is 0. The number of aromatic nitrogens is 3. The fourth-order valence-electron chi connectivity index (χ4n) is 2.64. The topological polar surface area (TPSA) is 66.2 Å². The van der Waals surface area contributed by atoms with Crippen molar-refractivity contribution in [3.05, 3.63) is 59.7 Å². The van der Waals surface area contributed by atoms with Gasteiger partial charge in [-0.1, -0.05) is 44.2 Å². The van der Waals surface area contributed by atoms with Gasteiger partial charge in [0.25, 0.3) is 5.91 Å². The predicted molar refractivity (Wildman–Crippen MR) is 103 cm³/mol. The van der Waals surface area contributed by atoms with Gasteiger partial charge in [0.15, 0.2) is 5.82 Å². The van der Waals surface area contributed by atoms with E-state index in [9.17, 15) is 4.79 Å². The SMILES string of the molecule is CCCOc1nc(-c2ccc(CC)cc2)n(C(=O)c2cccc(OC)c2)n1. The first-order valence-electron chi connectivity index (χ1n) is 9.04. The molecule has 27 heavy (non-hydrogen) atoms. The first kappa shape index (κ1) is 18.6. The van der Waals surface area contributed by atoms with Crippen molar-refractivity contribution in [2.24, 2.45) is 0 Å². The van der Waals surface area contributed by atoms with E-state index in [1.165, 1.54) is 10.2 Å². The predicted octanol–water partition coefficient (Wildman–Crippen LogP) is 3.99. The van der Waals surface area contributed by atoms with Crippen molar-refractivity contribution in [1.82, 2.24) is 14.8 Å². The summed E-state index contributed by atoms with van der Waals surface area (Å²) in [4.78, 5) is 17.5. The first-order valence-corrected chi connectivity index (χ1v) is 9.04. The standard InChI is InChI=1S/C21H23N3O3/c1-4-13-27-21-22-19(16-11-9-15(5-2)10-12-16)24(23-21)20(25)17-7-6-8-18(14-17)26-3/h6-12,14H,4-5,13H2,1-3H3. The van der Waals surface area contributed by atoms with Crippen molar-refractivity contribution >= 4 is 5.91 Å². The average Bonchev–Trinajstić information content (AvgIpc) is 3.16. The van der Waals surface area contributed by atoms with Crippen molar-refractivity contribution < 1.29 is 14.3 Å². The third-order valence-corrected chi connectivity index (χ3v) is 4.15. The fourth-order valence-corrected chi connectivity index (χ4v) is 2.64. The van der Waals surface area contributed by atoms with Crippen LogP contribution in [0.4, 0.5) is 0 Å². The van der Waals surface area contributed by atoms with Gasteiger partial charge >= 0.3 is 6.01 Å². The third-order valence-electron chi connectivity index (χ3n) is 4.15. The van der Waals surface area contributed by atoms with Crippen LogP contribution < -0.4 is 9.47 Å². The molecule has 0 bridgehead atoms. The van der Waals surface area contributed by atoms with Gasteiger partial charge in [0, 0.05) is 11.1 Å². The zero-order valence-corrected chi connectivity index (χ0v) is 15.8. The smallest absolute Gasteiger partial charge is 0.336 e. The van der Waals surface area contributed by atoms with Crippen LogP contribution in [0.2, 0.25) is 0 Å². The van der Waals surface area contributed by atoms with Crippen LogP contribution in [0.1, 0.15) is 36.2 Å². The molecule has 140 valence electrons.